The van der Waals surface area contributed by atoms with Gasteiger partial charge in [0.15, 0.2) is 5.69 Å². The van der Waals surface area contributed by atoms with E-state index in [0.29, 0.717) is 17.1 Å². The summed E-state index contributed by atoms with van der Waals surface area (Å²) in [4.78, 5) is 11.1. The molecule has 6 heteroatoms. The molecule has 15 heavy (non-hydrogen) atoms. The van der Waals surface area contributed by atoms with Crippen molar-refractivity contribution in [2.45, 2.75) is 13.8 Å². The Balaban J connectivity index is 2.58. The van der Waals surface area contributed by atoms with E-state index in [9.17, 15) is 4.79 Å². The number of rotatable bonds is 2. The standard InChI is InChI=1S/C9H7ClN2O3/c1-4-3-6(12-14-4)8-7(9(10)13)5(2)11-15-8/h3H,1-2H3. The lowest BCUT2D eigenvalue weighted by atomic mass is 10.2. The molecular formula is C9H7ClN2O3. The van der Waals surface area contributed by atoms with Crippen molar-refractivity contribution < 1.29 is 13.8 Å². The van der Waals surface area contributed by atoms with Gasteiger partial charge in [-0.1, -0.05) is 10.3 Å². The van der Waals surface area contributed by atoms with Crippen LogP contribution in [0.25, 0.3) is 11.5 Å². The summed E-state index contributed by atoms with van der Waals surface area (Å²) in [5, 5.41) is 6.76. The van der Waals surface area contributed by atoms with Gasteiger partial charge in [0.1, 0.15) is 11.3 Å². The van der Waals surface area contributed by atoms with Crippen molar-refractivity contribution in [2.24, 2.45) is 0 Å². The first-order chi connectivity index (χ1) is 7.09. The fourth-order valence-electron chi connectivity index (χ4n) is 1.25. The Hall–Kier alpha value is -1.62. The Morgan fingerprint density at radius 2 is 2.07 bits per heavy atom. The second-order valence-corrected chi connectivity index (χ2v) is 3.41. The Morgan fingerprint density at radius 3 is 2.60 bits per heavy atom. The zero-order valence-electron chi connectivity index (χ0n) is 8.07. The van der Waals surface area contributed by atoms with Gasteiger partial charge in [-0.25, -0.2) is 0 Å². The second kappa shape index (κ2) is 3.51. The summed E-state index contributed by atoms with van der Waals surface area (Å²) in [6.45, 7) is 3.37. The highest BCUT2D eigenvalue weighted by atomic mass is 35.5. The SMILES string of the molecule is Cc1cc(-c2onc(C)c2C(=O)Cl)no1. The quantitative estimate of drug-likeness (QED) is 0.735. The van der Waals surface area contributed by atoms with Crippen LogP contribution in [0.1, 0.15) is 21.8 Å². The van der Waals surface area contributed by atoms with Crippen molar-refractivity contribution in [1.29, 1.82) is 0 Å². The van der Waals surface area contributed by atoms with Crippen molar-refractivity contribution in [3.8, 4) is 11.5 Å². The van der Waals surface area contributed by atoms with E-state index in [1.807, 2.05) is 0 Å². The van der Waals surface area contributed by atoms with Crippen LogP contribution in [0, 0.1) is 13.8 Å². The normalized spacial score (nSPS) is 10.6. The lowest BCUT2D eigenvalue weighted by Crippen LogP contribution is -1.92. The van der Waals surface area contributed by atoms with Gasteiger partial charge >= 0.3 is 0 Å². The minimum atomic E-state index is -0.621. The van der Waals surface area contributed by atoms with Crippen molar-refractivity contribution in [3.05, 3.63) is 23.1 Å². The molecule has 0 saturated carbocycles. The third-order valence-corrected chi connectivity index (χ3v) is 2.11. The molecule has 0 aromatic carbocycles. The van der Waals surface area contributed by atoms with Gasteiger partial charge in [-0.15, -0.1) is 0 Å². The van der Waals surface area contributed by atoms with E-state index in [-0.39, 0.29) is 11.3 Å². The smallest absolute Gasteiger partial charge is 0.258 e. The number of aryl methyl sites for hydroxylation is 2. The van der Waals surface area contributed by atoms with E-state index in [1.54, 1.807) is 19.9 Å². The van der Waals surface area contributed by atoms with Crippen LogP contribution in [-0.4, -0.2) is 15.6 Å². The molecule has 0 unspecified atom stereocenters. The second-order valence-electron chi connectivity index (χ2n) is 3.07. The van der Waals surface area contributed by atoms with Gasteiger partial charge in [-0.3, -0.25) is 4.79 Å². The molecule has 0 spiro atoms. The maximum Gasteiger partial charge on any atom is 0.258 e. The summed E-state index contributed by atoms with van der Waals surface area (Å²) < 4.78 is 9.85. The van der Waals surface area contributed by atoms with Gasteiger partial charge in [0.2, 0.25) is 5.76 Å². The molecule has 0 saturated heterocycles. The number of carbonyl (C=O) groups is 1. The Labute approximate surface area is 90.0 Å². The minimum Gasteiger partial charge on any atom is -0.361 e. The Bertz CT molecular complexity index is 515. The fourth-order valence-corrected chi connectivity index (χ4v) is 1.47. The molecule has 0 aliphatic carbocycles. The van der Waals surface area contributed by atoms with Gasteiger partial charge in [0, 0.05) is 6.07 Å². The molecule has 2 aromatic rings. The lowest BCUT2D eigenvalue weighted by Gasteiger charge is -1.90. The van der Waals surface area contributed by atoms with Crippen LogP contribution in [0.5, 0.6) is 0 Å². The molecule has 2 aromatic heterocycles. The molecule has 0 radical (unpaired) electrons. The van der Waals surface area contributed by atoms with E-state index in [1.165, 1.54) is 0 Å². The van der Waals surface area contributed by atoms with Crippen molar-refractivity contribution in [1.82, 2.24) is 10.3 Å². The Morgan fingerprint density at radius 1 is 1.33 bits per heavy atom. The molecule has 5 nitrogen and oxygen atoms in total. The molecule has 0 bridgehead atoms. The largest absolute Gasteiger partial charge is 0.361 e. The molecule has 2 heterocycles. The molecule has 0 fully saturated rings. The molecular weight excluding hydrogens is 220 g/mol. The predicted molar refractivity (Wildman–Crippen MR) is 51.7 cm³/mol. The number of hydrogen-bond donors (Lipinski definition) is 0. The van der Waals surface area contributed by atoms with Gasteiger partial charge in [0.25, 0.3) is 5.24 Å². The zero-order chi connectivity index (χ0) is 11.0. The zero-order valence-corrected chi connectivity index (χ0v) is 8.83. The first kappa shape index (κ1) is 9.92. The van der Waals surface area contributed by atoms with Gasteiger partial charge < -0.3 is 9.05 Å². The van der Waals surface area contributed by atoms with Gasteiger partial charge in [-0.2, -0.15) is 0 Å². The molecule has 0 atom stereocenters. The van der Waals surface area contributed by atoms with Crippen LogP contribution in [0.4, 0.5) is 0 Å². The van der Waals surface area contributed by atoms with E-state index in [2.05, 4.69) is 10.3 Å². The predicted octanol–water partition coefficient (Wildman–Crippen LogP) is 2.33. The number of nitrogens with zero attached hydrogens (tertiary/aromatic N) is 2. The van der Waals surface area contributed by atoms with Crippen molar-refractivity contribution in [3.63, 3.8) is 0 Å². The summed E-state index contributed by atoms with van der Waals surface area (Å²) in [6, 6.07) is 1.64. The topological polar surface area (TPSA) is 69.1 Å². The van der Waals surface area contributed by atoms with Gasteiger partial charge in [-0.05, 0) is 25.4 Å². The molecule has 0 aliphatic rings. The molecule has 78 valence electrons. The Kier molecular flexibility index (Phi) is 2.32. The number of aromatic nitrogens is 2. The fraction of sp³-hybridized carbons (Fsp3) is 0.222. The van der Waals surface area contributed by atoms with E-state index in [4.69, 9.17) is 20.6 Å². The van der Waals surface area contributed by atoms with Crippen LogP contribution in [0.3, 0.4) is 0 Å². The lowest BCUT2D eigenvalue weighted by molar-refractivity contribution is 0.108. The third kappa shape index (κ3) is 1.66. The molecule has 0 aliphatic heterocycles. The first-order valence-corrected chi connectivity index (χ1v) is 4.57. The third-order valence-electron chi connectivity index (χ3n) is 1.92. The van der Waals surface area contributed by atoms with Crippen molar-refractivity contribution >= 4 is 16.8 Å². The monoisotopic (exact) mass is 226 g/mol. The van der Waals surface area contributed by atoms with Crippen LogP contribution in [0.15, 0.2) is 15.1 Å². The van der Waals surface area contributed by atoms with Crippen LogP contribution in [-0.2, 0) is 0 Å². The maximum absolute atomic E-state index is 11.1. The van der Waals surface area contributed by atoms with E-state index >= 15 is 0 Å². The molecule has 2 rings (SSSR count). The summed E-state index contributed by atoms with van der Waals surface area (Å²) >= 11 is 5.41. The van der Waals surface area contributed by atoms with Crippen LogP contribution in [0.2, 0.25) is 0 Å². The average Bonchev–Trinajstić information content (AvgIpc) is 2.71. The van der Waals surface area contributed by atoms with Crippen molar-refractivity contribution in [2.75, 3.05) is 0 Å². The number of hydrogen-bond acceptors (Lipinski definition) is 5. The molecule has 0 N–H and O–H groups in total. The molecule has 0 amide bonds. The van der Waals surface area contributed by atoms with Gasteiger partial charge in [0.05, 0.1) is 5.69 Å². The highest BCUT2D eigenvalue weighted by Gasteiger charge is 2.22. The van der Waals surface area contributed by atoms with E-state index in [0.717, 1.165) is 0 Å². The van der Waals surface area contributed by atoms with Crippen LogP contribution < -0.4 is 0 Å². The van der Waals surface area contributed by atoms with E-state index < -0.39 is 5.24 Å². The number of halogens is 1. The highest BCUT2D eigenvalue weighted by Crippen LogP contribution is 2.26. The summed E-state index contributed by atoms with van der Waals surface area (Å²) in [5.41, 5.74) is 1.08. The average molecular weight is 227 g/mol. The maximum atomic E-state index is 11.1. The summed E-state index contributed by atoms with van der Waals surface area (Å²) in [6.07, 6.45) is 0. The minimum absolute atomic E-state index is 0.227. The summed E-state index contributed by atoms with van der Waals surface area (Å²) in [7, 11) is 0. The number of carbonyl (C=O) groups excluding carboxylic acids is 1. The highest BCUT2D eigenvalue weighted by molar-refractivity contribution is 6.68. The first-order valence-electron chi connectivity index (χ1n) is 4.19. The summed E-state index contributed by atoms with van der Waals surface area (Å²) in [5.74, 6) is 0.858. The van der Waals surface area contributed by atoms with Crippen LogP contribution >= 0.6 is 11.6 Å².